The fourth-order valence-electron chi connectivity index (χ4n) is 3.79. The maximum atomic E-state index is 4.49. The first-order valence-corrected chi connectivity index (χ1v) is 10.3. The van der Waals surface area contributed by atoms with E-state index in [1.165, 1.54) is 0 Å². The average Bonchev–Trinajstić information content (AvgIpc) is 2.87. The standard InChI is InChI=1S/C28H21N3/c1-3-9-23(10-4-1)31(24-11-5-2-6-12-24)25-17-15-22(16-18-25)26-13-7-8-14-27(26)28-21-29-19-20-30-28/h1-21H. The van der Waals surface area contributed by atoms with E-state index in [1.54, 1.807) is 18.6 Å². The Morgan fingerprint density at radius 1 is 0.484 bits per heavy atom. The van der Waals surface area contributed by atoms with Gasteiger partial charge in [0.05, 0.1) is 11.9 Å². The molecule has 0 saturated carbocycles. The highest BCUT2D eigenvalue weighted by Crippen LogP contribution is 2.36. The number of aromatic nitrogens is 2. The summed E-state index contributed by atoms with van der Waals surface area (Å²) in [5, 5.41) is 0. The van der Waals surface area contributed by atoms with Crippen LogP contribution in [0.15, 0.2) is 128 Å². The van der Waals surface area contributed by atoms with Gasteiger partial charge in [-0.05, 0) is 47.5 Å². The minimum Gasteiger partial charge on any atom is -0.311 e. The van der Waals surface area contributed by atoms with E-state index in [1.807, 2.05) is 18.2 Å². The summed E-state index contributed by atoms with van der Waals surface area (Å²) in [4.78, 5) is 11.0. The SMILES string of the molecule is c1ccc(N(c2ccccc2)c2ccc(-c3ccccc3-c3cnccn3)cc2)cc1. The Morgan fingerprint density at radius 2 is 1.03 bits per heavy atom. The van der Waals surface area contributed by atoms with Gasteiger partial charge >= 0.3 is 0 Å². The zero-order valence-electron chi connectivity index (χ0n) is 17.0. The zero-order valence-corrected chi connectivity index (χ0v) is 17.0. The van der Waals surface area contributed by atoms with Crippen LogP contribution in [0.5, 0.6) is 0 Å². The third-order valence-electron chi connectivity index (χ3n) is 5.23. The van der Waals surface area contributed by atoms with E-state index in [0.717, 1.165) is 39.4 Å². The van der Waals surface area contributed by atoms with Gasteiger partial charge in [0, 0.05) is 35.0 Å². The average molecular weight is 399 g/mol. The van der Waals surface area contributed by atoms with Gasteiger partial charge in [-0.2, -0.15) is 0 Å². The van der Waals surface area contributed by atoms with Crippen molar-refractivity contribution in [2.24, 2.45) is 0 Å². The summed E-state index contributed by atoms with van der Waals surface area (Å²) in [7, 11) is 0. The normalized spacial score (nSPS) is 10.6. The molecule has 4 aromatic carbocycles. The first-order chi connectivity index (χ1) is 15.4. The van der Waals surface area contributed by atoms with Crippen molar-refractivity contribution in [2.45, 2.75) is 0 Å². The molecule has 0 amide bonds. The Hall–Kier alpha value is -4.24. The summed E-state index contributed by atoms with van der Waals surface area (Å²) in [6.45, 7) is 0. The molecule has 148 valence electrons. The van der Waals surface area contributed by atoms with Crippen LogP contribution in [0.4, 0.5) is 17.1 Å². The van der Waals surface area contributed by atoms with Gasteiger partial charge in [0.25, 0.3) is 0 Å². The van der Waals surface area contributed by atoms with Crippen LogP contribution in [0, 0.1) is 0 Å². The quantitative estimate of drug-likeness (QED) is 0.311. The molecule has 0 aliphatic rings. The van der Waals surface area contributed by atoms with Gasteiger partial charge in [0.1, 0.15) is 0 Å². The zero-order chi connectivity index (χ0) is 20.9. The van der Waals surface area contributed by atoms with Crippen LogP contribution in [0.25, 0.3) is 22.4 Å². The van der Waals surface area contributed by atoms with E-state index in [2.05, 4.69) is 106 Å². The second-order valence-electron chi connectivity index (χ2n) is 7.19. The summed E-state index contributed by atoms with van der Waals surface area (Å²) in [6.07, 6.45) is 5.23. The largest absolute Gasteiger partial charge is 0.311 e. The van der Waals surface area contributed by atoms with Crippen molar-refractivity contribution < 1.29 is 0 Å². The first kappa shape index (κ1) is 18.8. The maximum absolute atomic E-state index is 4.49. The molecule has 5 rings (SSSR count). The number of anilines is 3. The van der Waals surface area contributed by atoms with Gasteiger partial charge in [-0.3, -0.25) is 9.97 Å². The Balaban J connectivity index is 1.56. The van der Waals surface area contributed by atoms with Crippen molar-refractivity contribution in [3.8, 4) is 22.4 Å². The van der Waals surface area contributed by atoms with Crippen molar-refractivity contribution >= 4 is 17.1 Å². The van der Waals surface area contributed by atoms with E-state index in [9.17, 15) is 0 Å². The molecule has 0 unspecified atom stereocenters. The van der Waals surface area contributed by atoms with E-state index in [4.69, 9.17) is 0 Å². The molecule has 3 heteroatoms. The van der Waals surface area contributed by atoms with Gasteiger partial charge in [-0.1, -0.05) is 72.8 Å². The lowest BCUT2D eigenvalue weighted by molar-refractivity contribution is 1.21. The Kier molecular flexibility index (Phi) is 5.23. The molecule has 0 aliphatic carbocycles. The number of nitrogens with zero attached hydrogens (tertiary/aromatic N) is 3. The second-order valence-corrected chi connectivity index (χ2v) is 7.19. The lowest BCUT2D eigenvalue weighted by atomic mass is 9.97. The molecule has 0 fully saturated rings. The molecule has 0 N–H and O–H groups in total. The number of benzene rings is 4. The Morgan fingerprint density at radius 3 is 1.61 bits per heavy atom. The lowest BCUT2D eigenvalue weighted by Gasteiger charge is -2.25. The summed E-state index contributed by atoms with van der Waals surface area (Å²) >= 11 is 0. The van der Waals surface area contributed by atoms with Gasteiger partial charge in [-0.25, -0.2) is 0 Å². The highest BCUT2D eigenvalue weighted by Gasteiger charge is 2.13. The number of rotatable bonds is 5. The fraction of sp³-hybridized carbons (Fsp3) is 0. The topological polar surface area (TPSA) is 29.0 Å². The highest BCUT2D eigenvalue weighted by atomic mass is 15.1. The van der Waals surface area contributed by atoms with Crippen LogP contribution < -0.4 is 4.90 Å². The molecule has 31 heavy (non-hydrogen) atoms. The van der Waals surface area contributed by atoms with Gasteiger partial charge in [0.15, 0.2) is 0 Å². The number of para-hydroxylation sites is 2. The lowest BCUT2D eigenvalue weighted by Crippen LogP contribution is -2.09. The van der Waals surface area contributed by atoms with Crippen LogP contribution >= 0.6 is 0 Å². The molecule has 0 bridgehead atoms. The van der Waals surface area contributed by atoms with Crippen LogP contribution in [-0.2, 0) is 0 Å². The Labute approximate surface area is 182 Å². The van der Waals surface area contributed by atoms with Crippen LogP contribution in [-0.4, -0.2) is 9.97 Å². The molecular weight excluding hydrogens is 378 g/mol. The third-order valence-corrected chi connectivity index (χ3v) is 5.23. The molecule has 0 spiro atoms. The van der Waals surface area contributed by atoms with Crippen LogP contribution in [0.3, 0.4) is 0 Å². The molecule has 0 saturated heterocycles. The predicted molar refractivity (Wildman–Crippen MR) is 128 cm³/mol. The van der Waals surface area contributed by atoms with E-state index in [0.29, 0.717) is 0 Å². The molecule has 5 aromatic rings. The summed E-state index contributed by atoms with van der Waals surface area (Å²) in [6, 6.07) is 37.9. The van der Waals surface area contributed by atoms with Gasteiger partial charge < -0.3 is 4.90 Å². The summed E-state index contributed by atoms with van der Waals surface area (Å²) in [5.74, 6) is 0. The van der Waals surface area contributed by atoms with Crippen molar-refractivity contribution in [1.82, 2.24) is 9.97 Å². The monoisotopic (exact) mass is 399 g/mol. The highest BCUT2D eigenvalue weighted by molar-refractivity contribution is 5.83. The first-order valence-electron chi connectivity index (χ1n) is 10.3. The molecule has 1 aromatic heterocycles. The Bertz CT molecular complexity index is 1210. The second kappa shape index (κ2) is 8.64. The summed E-state index contributed by atoms with van der Waals surface area (Å²) in [5.41, 5.74) is 7.59. The van der Waals surface area contributed by atoms with Crippen molar-refractivity contribution in [3.05, 3.63) is 128 Å². The van der Waals surface area contributed by atoms with Crippen molar-refractivity contribution in [2.75, 3.05) is 4.90 Å². The smallest absolute Gasteiger partial charge is 0.0891 e. The number of hydrogen-bond donors (Lipinski definition) is 0. The molecule has 0 atom stereocenters. The predicted octanol–water partition coefficient (Wildman–Crippen LogP) is 7.28. The van der Waals surface area contributed by atoms with Gasteiger partial charge in [-0.15, -0.1) is 0 Å². The van der Waals surface area contributed by atoms with Crippen LogP contribution in [0.2, 0.25) is 0 Å². The third kappa shape index (κ3) is 3.94. The van der Waals surface area contributed by atoms with E-state index in [-0.39, 0.29) is 0 Å². The van der Waals surface area contributed by atoms with E-state index >= 15 is 0 Å². The summed E-state index contributed by atoms with van der Waals surface area (Å²) < 4.78 is 0. The van der Waals surface area contributed by atoms with Crippen molar-refractivity contribution in [3.63, 3.8) is 0 Å². The minimum absolute atomic E-state index is 0.873. The van der Waals surface area contributed by atoms with Crippen LogP contribution in [0.1, 0.15) is 0 Å². The maximum Gasteiger partial charge on any atom is 0.0891 e. The molecular formula is C28H21N3. The fourth-order valence-corrected chi connectivity index (χ4v) is 3.79. The molecule has 0 radical (unpaired) electrons. The molecule has 1 heterocycles. The van der Waals surface area contributed by atoms with Gasteiger partial charge in [0.2, 0.25) is 0 Å². The minimum atomic E-state index is 0.873. The van der Waals surface area contributed by atoms with E-state index < -0.39 is 0 Å². The molecule has 3 nitrogen and oxygen atoms in total. The number of hydrogen-bond acceptors (Lipinski definition) is 3. The molecule has 0 aliphatic heterocycles. The van der Waals surface area contributed by atoms with Crippen molar-refractivity contribution in [1.29, 1.82) is 0 Å².